The van der Waals surface area contributed by atoms with E-state index in [0.29, 0.717) is 22.1 Å². The fraction of sp³-hybridized carbons (Fsp3) is 0.200. The maximum atomic E-state index is 12.6. The molecule has 2 amide bonds. The molecule has 0 aliphatic carbocycles. The summed E-state index contributed by atoms with van der Waals surface area (Å²) in [5.74, 6) is -0.267. The molecule has 0 saturated heterocycles. The van der Waals surface area contributed by atoms with E-state index in [9.17, 15) is 9.59 Å². The Morgan fingerprint density at radius 3 is 2.59 bits per heavy atom. The fourth-order valence-corrected chi connectivity index (χ4v) is 4.09. The van der Waals surface area contributed by atoms with Crippen molar-refractivity contribution in [3.05, 3.63) is 65.7 Å². The van der Waals surface area contributed by atoms with Crippen molar-refractivity contribution < 1.29 is 9.59 Å². The standard InChI is InChI=1S/C20H21N5O2S2/c1-2-21-19-24-25-20(29-19)28-13-17(26)23-16-11-7-6-10-15(16)18(27)22-12-14-8-4-3-5-9-14/h3-11H,2,12-13H2,1H3,(H,21,24)(H,22,27)(H,23,26). The average Bonchev–Trinajstić information content (AvgIpc) is 3.19. The van der Waals surface area contributed by atoms with E-state index in [-0.39, 0.29) is 17.6 Å². The van der Waals surface area contributed by atoms with Crippen molar-refractivity contribution in [2.75, 3.05) is 22.9 Å². The fourth-order valence-electron chi connectivity index (χ4n) is 2.47. The van der Waals surface area contributed by atoms with E-state index in [1.54, 1.807) is 24.3 Å². The van der Waals surface area contributed by atoms with E-state index in [0.717, 1.165) is 17.2 Å². The third kappa shape index (κ3) is 6.30. The van der Waals surface area contributed by atoms with Crippen molar-refractivity contribution in [2.45, 2.75) is 17.8 Å². The van der Waals surface area contributed by atoms with Crippen LogP contribution in [0.3, 0.4) is 0 Å². The van der Waals surface area contributed by atoms with Gasteiger partial charge in [0.15, 0.2) is 4.34 Å². The number of para-hydroxylation sites is 1. The Labute approximate surface area is 177 Å². The highest BCUT2D eigenvalue weighted by molar-refractivity contribution is 8.01. The number of benzene rings is 2. The number of anilines is 2. The maximum absolute atomic E-state index is 12.6. The van der Waals surface area contributed by atoms with Gasteiger partial charge in [-0.1, -0.05) is 65.6 Å². The first-order valence-corrected chi connectivity index (χ1v) is 10.9. The summed E-state index contributed by atoms with van der Waals surface area (Å²) in [5, 5.41) is 17.6. The van der Waals surface area contributed by atoms with E-state index in [4.69, 9.17) is 0 Å². The largest absolute Gasteiger partial charge is 0.360 e. The van der Waals surface area contributed by atoms with Crippen LogP contribution in [0, 0.1) is 0 Å². The number of nitrogens with one attached hydrogen (secondary N) is 3. The van der Waals surface area contributed by atoms with E-state index in [1.807, 2.05) is 37.3 Å². The summed E-state index contributed by atoms with van der Waals surface area (Å²) in [6.45, 7) is 3.17. The van der Waals surface area contributed by atoms with Gasteiger partial charge in [-0.2, -0.15) is 0 Å². The topological polar surface area (TPSA) is 96.0 Å². The lowest BCUT2D eigenvalue weighted by Gasteiger charge is -2.11. The minimum absolute atomic E-state index is 0.181. The summed E-state index contributed by atoms with van der Waals surface area (Å²) < 4.78 is 0.713. The van der Waals surface area contributed by atoms with Crippen LogP contribution in [0.25, 0.3) is 0 Å². The molecule has 3 rings (SSSR count). The van der Waals surface area contributed by atoms with Crippen molar-refractivity contribution in [1.29, 1.82) is 0 Å². The maximum Gasteiger partial charge on any atom is 0.253 e. The van der Waals surface area contributed by atoms with Crippen LogP contribution < -0.4 is 16.0 Å². The molecule has 7 nitrogen and oxygen atoms in total. The van der Waals surface area contributed by atoms with E-state index >= 15 is 0 Å². The molecule has 0 aliphatic rings. The van der Waals surface area contributed by atoms with Crippen LogP contribution in [0.2, 0.25) is 0 Å². The van der Waals surface area contributed by atoms with Gasteiger partial charge in [0.05, 0.1) is 17.0 Å². The molecule has 0 atom stereocenters. The quantitative estimate of drug-likeness (QED) is 0.451. The number of amides is 2. The molecular weight excluding hydrogens is 406 g/mol. The van der Waals surface area contributed by atoms with Gasteiger partial charge in [0.1, 0.15) is 0 Å². The number of carbonyl (C=O) groups is 2. The molecule has 1 aromatic heterocycles. The zero-order chi connectivity index (χ0) is 20.5. The lowest BCUT2D eigenvalue weighted by Crippen LogP contribution is -2.25. The van der Waals surface area contributed by atoms with Crippen LogP contribution in [-0.2, 0) is 11.3 Å². The first-order chi connectivity index (χ1) is 14.2. The minimum Gasteiger partial charge on any atom is -0.360 e. The normalized spacial score (nSPS) is 10.4. The number of aromatic nitrogens is 2. The third-order valence-corrected chi connectivity index (χ3v) is 5.82. The average molecular weight is 428 g/mol. The molecule has 3 N–H and O–H groups in total. The summed E-state index contributed by atoms with van der Waals surface area (Å²) in [4.78, 5) is 24.9. The first-order valence-electron chi connectivity index (χ1n) is 9.07. The summed E-state index contributed by atoms with van der Waals surface area (Å²) in [6.07, 6.45) is 0. The Kier molecular flexibility index (Phi) is 7.60. The molecule has 0 spiro atoms. The Hall–Kier alpha value is -2.91. The molecule has 2 aromatic carbocycles. The molecule has 0 bridgehead atoms. The number of rotatable bonds is 9. The third-order valence-electron chi connectivity index (χ3n) is 3.80. The van der Waals surface area contributed by atoms with Crippen LogP contribution in [-0.4, -0.2) is 34.3 Å². The van der Waals surface area contributed by atoms with E-state index in [2.05, 4.69) is 26.1 Å². The second kappa shape index (κ2) is 10.6. The number of hydrogen-bond donors (Lipinski definition) is 3. The van der Waals surface area contributed by atoms with Crippen molar-refractivity contribution in [3.63, 3.8) is 0 Å². The number of carbonyl (C=O) groups excluding carboxylic acids is 2. The number of hydrogen-bond acceptors (Lipinski definition) is 7. The highest BCUT2D eigenvalue weighted by atomic mass is 32.2. The van der Waals surface area contributed by atoms with Crippen LogP contribution in [0.15, 0.2) is 58.9 Å². The number of thioether (sulfide) groups is 1. The molecule has 1 heterocycles. The Balaban J connectivity index is 1.56. The number of nitrogens with zero attached hydrogens (tertiary/aromatic N) is 2. The summed E-state index contributed by atoms with van der Waals surface area (Å²) in [5.41, 5.74) is 1.91. The Bertz CT molecular complexity index is 962. The highest BCUT2D eigenvalue weighted by Crippen LogP contribution is 2.25. The molecule has 29 heavy (non-hydrogen) atoms. The lowest BCUT2D eigenvalue weighted by molar-refractivity contribution is -0.113. The van der Waals surface area contributed by atoms with Gasteiger partial charge >= 0.3 is 0 Å². The molecule has 0 unspecified atom stereocenters. The van der Waals surface area contributed by atoms with Gasteiger partial charge in [-0.05, 0) is 24.6 Å². The van der Waals surface area contributed by atoms with E-state index in [1.165, 1.54) is 23.1 Å². The van der Waals surface area contributed by atoms with Crippen LogP contribution in [0.4, 0.5) is 10.8 Å². The Morgan fingerprint density at radius 2 is 1.79 bits per heavy atom. The molecule has 0 aliphatic heterocycles. The van der Waals surface area contributed by atoms with Gasteiger partial charge in [0, 0.05) is 13.1 Å². The molecule has 9 heteroatoms. The molecule has 3 aromatic rings. The van der Waals surface area contributed by atoms with Crippen molar-refractivity contribution >= 4 is 45.7 Å². The van der Waals surface area contributed by atoms with Gasteiger partial charge in [0.25, 0.3) is 5.91 Å². The van der Waals surface area contributed by atoms with Crippen molar-refractivity contribution in [1.82, 2.24) is 15.5 Å². The van der Waals surface area contributed by atoms with Gasteiger partial charge < -0.3 is 16.0 Å². The Morgan fingerprint density at radius 1 is 1.03 bits per heavy atom. The summed E-state index contributed by atoms with van der Waals surface area (Å²) in [6, 6.07) is 16.6. The van der Waals surface area contributed by atoms with Crippen LogP contribution in [0.1, 0.15) is 22.8 Å². The molecule has 150 valence electrons. The second-order valence-electron chi connectivity index (χ2n) is 5.95. The summed E-state index contributed by atoms with van der Waals surface area (Å²) >= 11 is 2.71. The zero-order valence-electron chi connectivity index (χ0n) is 15.8. The predicted octanol–water partition coefficient (Wildman–Crippen LogP) is 3.63. The minimum atomic E-state index is -0.239. The predicted molar refractivity (Wildman–Crippen MR) is 117 cm³/mol. The molecule has 0 saturated carbocycles. The van der Waals surface area contributed by atoms with Crippen molar-refractivity contribution in [2.24, 2.45) is 0 Å². The smallest absolute Gasteiger partial charge is 0.253 e. The second-order valence-corrected chi connectivity index (χ2v) is 8.15. The first kappa shape index (κ1) is 20.8. The SMILES string of the molecule is CCNc1nnc(SCC(=O)Nc2ccccc2C(=O)NCc2ccccc2)s1. The molecular formula is C20H21N5O2S2. The van der Waals surface area contributed by atoms with Gasteiger partial charge in [-0.3, -0.25) is 9.59 Å². The molecule has 0 fully saturated rings. The van der Waals surface area contributed by atoms with Crippen LogP contribution >= 0.6 is 23.1 Å². The van der Waals surface area contributed by atoms with Gasteiger partial charge in [-0.15, -0.1) is 10.2 Å². The zero-order valence-corrected chi connectivity index (χ0v) is 17.5. The highest BCUT2D eigenvalue weighted by Gasteiger charge is 2.14. The molecule has 0 radical (unpaired) electrons. The van der Waals surface area contributed by atoms with E-state index < -0.39 is 0 Å². The van der Waals surface area contributed by atoms with Crippen LogP contribution in [0.5, 0.6) is 0 Å². The van der Waals surface area contributed by atoms with Crippen molar-refractivity contribution in [3.8, 4) is 0 Å². The monoisotopic (exact) mass is 427 g/mol. The lowest BCUT2D eigenvalue weighted by atomic mass is 10.1. The van der Waals surface area contributed by atoms with Gasteiger partial charge in [-0.25, -0.2) is 0 Å². The van der Waals surface area contributed by atoms with Gasteiger partial charge in [0.2, 0.25) is 11.0 Å². The summed E-state index contributed by atoms with van der Waals surface area (Å²) in [7, 11) is 0.